The Kier molecular flexibility index (Phi) is 62.3. The second-order valence-electron chi connectivity index (χ2n) is 21.6. The zero-order chi connectivity index (χ0) is 56.4. The molecular weight excluding hydrogens is 961 g/mol. The third kappa shape index (κ3) is 62.9. The molecule has 0 N–H and O–H groups in total. The summed E-state index contributed by atoms with van der Waals surface area (Å²) < 4.78 is 16.8. The van der Waals surface area contributed by atoms with E-state index in [1.165, 1.54) is 173 Å². The van der Waals surface area contributed by atoms with Crippen LogP contribution in [0.25, 0.3) is 0 Å². The van der Waals surface area contributed by atoms with E-state index in [0.717, 1.165) is 96.3 Å². The first-order valence-corrected chi connectivity index (χ1v) is 32.9. The Bertz CT molecular complexity index is 1570. The van der Waals surface area contributed by atoms with Crippen LogP contribution < -0.4 is 0 Å². The summed E-state index contributed by atoms with van der Waals surface area (Å²) in [5.41, 5.74) is 0. The molecule has 0 aliphatic carbocycles. The third-order valence-electron chi connectivity index (χ3n) is 14.1. The lowest BCUT2D eigenvalue weighted by molar-refractivity contribution is -0.166. The van der Waals surface area contributed by atoms with Gasteiger partial charge in [0.1, 0.15) is 13.2 Å². The predicted molar refractivity (Wildman–Crippen MR) is 339 cm³/mol. The fourth-order valence-corrected chi connectivity index (χ4v) is 9.22. The van der Waals surface area contributed by atoms with Gasteiger partial charge in [0.2, 0.25) is 0 Å². The highest BCUT2D eigenvalue weighted by atomic mass is 16.6. The summed E-state index contributed by atoms with van der Waals surface area (Å²) in [5.74, 6) is -1.03. The first kappa shape index (κ1) is 74.1. The molecular formula is C72H122O6. The predicted octanol–water partition coefficient (Wildman–Crippen LogP) is 22.6. The van der Waals surface area contributed by atoms with E-state index in [0.29, 0.717) is 12.8 Å². The molecule has 1 unspecified atom stereocenters. The molecule has 0 bridgehead atoms. The summed E-state index contributed by atoms with van der Waals surface area (Å²) >= 11 is 0. The number of carbonyl (C=O) groups is 3. The molecule has 0 amide bonds. The van der Waals surface area contributed by atoms with Gasteiger partial charge in [-0.15, -0.1) is 0 Å². The van der Waals surface area contributed by atoms with E-state index in [1.54, 1.807) is 6.08 Å². The van der Waals surface area contributed by atoms with Crippen LogP contribution in [0.15, 0.2) is 109 Å². The van der Waals surface area contributed by atoms with Gasteiger partial charge in [-0.2, -0.15) is 0 Å². The topological polar surface area (TPSA) is 78.9 Å². The summed E-state index contributed by atoms with van der Waals surface area (Å²) in [4.78, 5) is 38.3. The van der Waals surface area contributed by atoms with Crippen molar-refractivity contribution in [1.29, 1.82) is 0 Å². The largest absolute Gasteiger partial charge is 0.462 e. The van der Waals surface area contributed by atoms with E-state index in [9.17, 15) is 14.4 Å². The molecule has 446 valence electrons. The zero-order valence-corrected chi connectivity index (χ0v) is 51.2. The quantitative estimate of drug-likeness (QED) is 0.0261. The van der Waals surface area contributed by atoms with Crippen LogP contribution in [0.2, 0.25) is 0 Å². The molecule has 0 fully saturated rings. The Morgan fingerprint density at radius 2 is 0.551 bits per heavy atom. The Morgan fingerprint density at radius 1 is 0.282 bits per heavy atom. The van der Waals surface area contributed by atoms with Gasteiger partial charge < -0.3 is 14.2 Å². The van der Waals surface area contributed by atoms with Crippen molar-refractivity contribution in [3.63, 3.8) is 0 Å². The van der Waals surface area contributed by atoms with Crippen LogP contribution in [0, 0.1) is 0 Å². The van der Waals surface area contributed by atoms with Crippen molar-refractivity contribution in [3.05, 3.63) is 109 Å². The molecule has 0 heterocycles. The van der Waals surface area contributed by atoms with Gasteiger partial charge in [-0.05, 0) is 83.5 Å². The molecule has 0 rings (SSSR count). The number of carbonyl (C=O) groups excluding carboxylic acids is 3. The van der Waals surface area contributed by atoms with Crippen molar-refractivity contribution < 1.29 is 28.6 Å². The normalized spacial score (nSPS) is 12.8. The molecule has 6 nitrogen and oxygen atoms in total. The van der Waals surface area contributed by atoms with Crippen molar-refractivity contribution in [2.75, 3.05) is 13.2 Å². The van der Waals surface area contributed by atoms with Crippen LogP contribution >= 0.6 is 0 Å². The Labute approximate surface area is 482 Å². The number of esters is 3. The first-order chi connectivity index (χ1) is 38.5. The van der Waals surface area contributed by atoms with Crippen LogP contribution in [-0.2, 0) is 28.6 Å². The van der Waals surface area contributed by atoms with Crippen molar-refractivity contribution in [3.8, 4) is 0 Å². The molecule has 6 heteroatoms. The highest BCUT2D eigenvalue weighted by Crippen LogP contribution is 2.17. The minimum atomic E-state index is -0.817. The molecule has 0 aromatic rings. The molecule has 0 aromatic carbocycles. The number of rotatable bonds is 59. The number of allylic oxidation sites excluding steroid dienone is 17. The molecule has 0 radical (unpaired) electrons. The van der Waals surface area contributed by atoms with Crippen LogP contribution in [-0.4, -0.2) is 37.2 Å². The lowest BCUT2D eigenvalue weighted by Crippen LogP contribution is -2.30. The Balaban J connectivity index is 4.30. The maximum absolute atomic E-state index is 12.9. The van der Waals surface area contributed by atoms with Gasteiger partial charge in [-0.3, -0.25) is 14.4 Å². The van der Waals surface area contributed by atoms with E-state index in [-0.39, 0.29) is 31.6 Å². The van der Waals surface area contributed by atoms with E-state index in [1.807, 2.05) is 6.08 Å². The van der Waals surface area contributed by atoms with Crippen molar-refractivity contribution in [2.24, 2.45) is 0 Å². The summed E-state index contributed by atoms with van der Waals surface area (Å²) in [6.45, 7) is 6.36. The standard InChI is InChI=1S/C72H122O6/c1-4-7-10-13-16-19-22-25-28-30-31-32-33-34-35-36-37-38-39-40-41-42-45-47-50-53-56-59-62-65-71(74)77-68-69(67-76-70(73)64-61-58-55-52-49-46-43-27-24-21-18-15-12-9-6-3)78-72(75)66-63-60-57-54-51-48-44-29-26-23-20-17-14-11-8-5-2/h7,9-10,12,16,18-19,21,25,27-28,31-32,43,49,52,58,61,69H,4-6,8,11,13-15,17,20,22-24,26,29-30,33-42,44-48,50-51,53-57,59-60,62-68H2,1-3H3/b10-7-,12-9-,19-16-,21-18-,28-25-,32-31-,43-27-,52-49-,61-58-. The van der Waals surface area contributed by atoms with Crippen molar-refractivity contribution in [2.45, 2.75) is 316 Å². The minimum absolute atomic E-state index is 0.105. The Morgan fingerprint density at radius 3 is 0.897 bits per heavy atom. The molecule has 1 atom stereocenters. The average Bonchev–Trinajstić information content (AvgIpc) is 3.44. The molecule has 0 saturated heterocycles. The van der Waals surface area contributed by atoms with Crippen molar-refractivity contribution >= 4 is 17.9 Å². The van der Waals surface area contributed by atoms with Crippen LogP contribution in [0.3, 0.4) is 0 Å². The van der Waals surface area contributed by atoms with E-state index >= 15 is 0 Å². The highest BCUT2D eigenvalue weighted by molar-refractivity contribution is 5.72. The lowest BCUT2D eigenvalue weighted by Gasteiger charge is -2.18. The van der Waals surface area contributed by atoms with Gasteiger partial charge in [0.05, 0.1) is 6.42 Å². The lowest BCUT2D eigenvalue weighted by atomic mass is 10.0. The highest BCUT2D eigenvalue weighted by Gasteiger charge is 2.19. The molecule has 0 aromatic heterocycles. The first-order valence-electron chi connectivity index (χ1n) is 32.9. The van der Waals surface area contributed by atoms with Gasteiger partial charge in [-0.1, -0.05) is 316 Å². The van der Waals surface area contributed by atoms with Gasteiger partial charge in [0, 0.05) is 12.8 Å². The number of unbranched alkanes of at least 4 members (excludes halogenated alkanes) is 31. The smallest absolute Gasteiger partial charge is 0.309 e. The van der Waals surface area contributed by atoms with E-state index in [4.69, 9.17) is 14.2 Å². The summed E-state index contributed by atoms with van der Waals surface area (Å²) in [5, 5.41) is 0. The van der Waals surface area contributed by atoms with Gasteiger partial charge in [0.25, 0.3) is 0 Å². The molecule has 0 aliphatic rings. The van der Waals surface area contributed by atoms with Gasteiger partial charge in [-0.25, -0.2) is 0 Å². The van der Waals surface area contributed by atoms with E-state index in [2.05, 4.69) is 118 Å². The van der Waals surface area contributed by atoms with Crippen LogP contribution in [0.1, 0.15) is 310 Å². The average molecular weight is 1080 g/mol. The summed E-state index contributed by atoms with van der Waals surface area (Å²) in [7, 11) is 0. The zero-order valence-electron chi connectivity index (χ0n) is 51.2. The minimum Gasteiger partial charge on any atom is -0.462 e. The monoisotopic (exact) mass is 1080 g/mol. The molecule has 0 spiro atoms. The fourth-order valence-electron chi connectivity index (χ4n) is 9.22. The van der Waals surface area contributed by atoms with Crippen molar-refractivity contribution in [1.82, 2.24) is 0 Å². The number of ether oxygens (including phenoxy) is 3. The van der Waals surface area contributed by atoms with Gasteiger partial charge >= 0.3 is 17.9 Å². The number of hydrogen-bond acceptors (Lipinski definition) is 6. The number of hydrogen-bond donors (Lipinski definition) is 0. The second-order valence-corrected chi connectivity index (χ2v) is 21.6. The third-order valence-corrected chi connectivity index (χ3v) is 14.1. The second kappa shape index (κ2) is 65.6. The van der Waals surface area contributed by atoms with E-state index < -0.39 is 12.1 Å². The fraction of sp³-hybridized carbons (Fsp3) is 0.708. The maximum Gasteiger partial charge on any atom is 0.309 e. The van der Waals surface area contributed by atoms with Gasteiger partial charge in [0.15, 0.2) is 6.10 Å². The van der Waals surface area contributed by atoms with Crippen LogP contribution in [0.4, 0.5) is 0 Å². The summed E-state index contributed by atoms with van der Waals surface area (Å²) in [6.07, 6.45) is 89.9. The maximum atomic E-state index is 12.9. The Hall–Kier alpha value is -3.93. The molecule has 0 aliphatic heterocycles. The van der Waals surface area contributed by atoms with Crippen LogP contribution in [0.5, 0.6) is 0 Å². The molecule has 0 saturated carbocycles. The summed E-state index contributed by atoms with van der Waals surface area (Å²) in [6, 6.07) is 0. The molecule has 78 heavy (non-hydrogen) atoms. The SMILES string of the molecule is CC/C=C\C/C=C\C/C=C\C/C=C\C/C=C\CC(=O)OCC(COC(=O)CCCCCCCCCCCCCCCCCC/C=C\C/C=C\C/C=C\C/C=C\CC)OC(=O)CCCCCCCCCCCCCCCCCC.